The summed E-state index contributed by atoms with van der Waals surface area (Å²) in [5, 5.41) is 8.84. The largest absolute Gasteiger partial charge is 0.396 e. The summed E-state index contributed by atoms with van der Waals surface area (Å²) in [5.41, 5.74) is 8.42. The van der Waals surface area contributed by atoms with Crippen molar-refractivity contribution in [2.45, 2.75) is 31.2 Å². The molecule has 0 saturated heterocycles. The summed E-state index contributed by atoms with van der Waals surface area (Å²) in [4.78, 5) is 4.10. The van der Waals surface area contributed by atoms with Crippen LogP contribution < -0.4 is 5.73 Å². The first-order valence-electron chi connectivity index (χ1n) is 5.13. The smallest absolute Gasteiger partial charge is 0.0449 e. The first-order valence-corrected chi connectivity index (χ1v) is 5.13. The fraction of sp³-hybridized carbons (Fsp3) is 0.545. The van der Waals surface area contributed by atoms with Crippen molar-refractivity contribution in [1.82, 2.24) is 4.98 Å². The summed E-state index contributed by atoms with van der Waals surface area (Å²) in [6.07, 6.45) is 6.81. The van der Waals surface area contributed by atoms with Crippen LogP contribution in [0.1, 0.15) is 42.3 Å². The Morgan fingerprint density at radius 1 is 1.57 bits per heavy atom. The molecule has 3 nitrogen and oxygen atoms in total. The number of pyridine rings is 1. The molecule has 1 atom stereocenters. The van der Waals surface area contributed by atoms with E-state index in [9.17, 15) is 0 Å². The van der Waals surface area contributed by atoms with Gasteiger partial charge in [0.15, 0.2) is 0 Å². The second-order valence-electron chi connectivity index (χ2n) is 3.90. The van der Waals surface area contributed by atoms with E-state index >= 15 is 0 Å². The van der Waals surface area contributed by atoms with E-state index in [2.05, 4.69) is 11.1 Å². The van der Waals surface area contributed by atoms with Crippen LogP contribution in [0.25, 0.3) is 0 Å². The van der Waals surface area contributed by atoms with Gasteiger partial charge in [-0.1, -0.05) is 0 Å². The molecule has 1 unspecified atom stereocenters. The quantitative estimate of drug-likeness (QED) is 0.756. The zero-order valence-electron chi connectivity index (χ0n) is 8.19. The summed E-state index contributed by atoms with van der Waals surface area (Å²) in [7, 11) is 0. The molecule has 1 aliphatic carbocycles. The molecule has 1 fully saturated rings. The van der Waals surface area contributed by atoms with E-state index in [1.165, 1.54) is 18.4 Å². The van der Waals surface area contributed by atoms with Crippen molar-refractivity contribution < 1.29 is 5.11 Å². The molecule has 0 spiro atoms. The molecule has 1 aromatic rings. The molecule has 0 aromatic carbocycles. The Bertz CT molecular complexity index is 310. The molecule has 0 aliphatic heterocycles. The van der Waals surface area contributed by atoms with Crippen molar-refractivity contribution >= 4 is 0 Å². The standard InChI is InChI=1S/C11H16N2O/c12-11(4-6-14)10-7-13-5-3-9(10)8-1-2-8/h3,5,7-8,11,14H,1-2,4,6,12H2. The lowest BCUT2D eigenvalue weighted by Crippen LogP contribution is -2.14. The number of hydrogen-bond acceptors (Lipinski definition) is 3. The molecule has 2 rings (SSSR count). The second kappa shape index (κ2) is 4.07. The van der Waals surface area contributed by atoms with Gasteiger partial charge in [0.25, 0.3) is 0 Å². The predicted molar refractivity (Wildman–Crippen MR) is 54.8 cm³/mol. The number of rotatable bonds is 4. The summed E-state index contributed by atoms with van der Waals surface area (Å²) >= 11 is 0. The van der Waals surface area contributed by atoms with Gasteiger partial charge in [0.05, 0.1) is 0 Å². The SMILES string of the molecule is NC(CCO)c1cnccc1C1CC1. The number of nitrogens with zero attached hydrogens (tertiary/aromatic N) is 1. The Kier molecular flexibility index (Phi) is 2.79. The second-order valence-corrected chi connectivity index (χ2v) is 3.90. The van der Waals surface area contributed by atoms with Gasteiger partial charge in [-0.05, 0) is 42.4 Å². The van der Waals surface area contributed by atoms with Crippen LogP contribution in [0, 0.1) is 0 Å². The number of nitrogens with two attached hydrogens (primary N) is 1. The normalized spacial score (nSPS) is 18.1. The topological polar surface area (TPSA) is 59.1 Å². The first-order chi connectivity index (χ1) is 6.83. The fourth-order valence-corrected chi connectivity index (χ4v) is 1.79. The van der Waals surface area contributed by atoms with E-state index in [-0.39, 0.29) is 12.6 Å². The van der Waals surface area contributed by atoms with Crippen molar-refractivity contribution in [3.8, 4) is 0 Å². The van der Waals surface area contributed by atoms with Gasteiger partial charge < -0.3 is 10.8 Å². The Labute approximate surface area is 84.0 Å². The summed E-state index contributed by atoms with van der Waals surface area (Å²) in [6.45, 7) is 0.139. The summed E-state index contributed by atoms with van der Waals surface area (Å²) < 4.78 is 0. The zero-order chi connectivity index (χ0) is 9.97. The Morgan fingerprint density at radius 2 is 2.36 bits per heavy atom. The van der Waals surface area contributed by atoms with Gasteiger partial charge in [-0.25, -0.2) is 0 Å². The molecular formula is C11H16N2O. The minimum atomic E-state index is -0.0655. The van der Waals surface area contributed by atoms with Gasteiger partial charge >= 0.3 is 0 Å². The minimum Gasteiger partial charge on any atom is -0.396 e. The van der Waals surface area contributed by atoms with Crippen molar-refractivity contribution in [1.29, 1.82) is 0 Å². The molecular weight excluding hydrogens is 176 g/mol. The van der Waals surface area contributed by atoms with Crippen LogP contribution in [-0.2, 0) is 0 Å². The molecule has 3 heteroatoms. The molecule has 0 bridgehead atoms. The highest BCUT2D eigenvalue weighted by atomic mass is 16.3. The van der Waals surface area contributed by atoms with Gasteiger partial charge in [0.2, 0.25) is 0 Å². The van der Waals surface area contributed by atoms with Crippen LogP contribution in [0.4, 0.5) is 0 Å². The highest BCUT2D eigenvalue weighted by Crippen LogP contribution is 2.42. The Morgan fingerprint density at radius 3 is 3.00 bits per heavy atom. The molecule has 1 aromatic heterocycles. The highest BCUT2D eigenvalue weighted by Gasteiger charge is 2.27. The van der Waals surface area contributed by atoms with Gasteiger partial charge in [0, 0.05) is 25.0 Å². The third-order valence-corrected chi connectivity index (χ3v) is 2.74. The van der Waals surface area contributed by atoms with Crippen LogP contribution in [0.3, 0.4) is 0 Å². The van der Waals surface area contributed by atoms with E-state index in [1.807, 2.05) is 12.4 Å². The van der Waals surface area contributed by atoms with E-state index in [0.29, 0.717) is 12.3 Å². The predicted octanol–water partition coefficient (Wildman–Crippen LogP) is 1.34. The van der Waals surface area contributed by atoms with Gasteiger partial charge in [-0.2, -0.15) is 0 Å². The Hall–Kier alpha value is -0.930. The molecule has 0 radical (unpaired) electrons. The van der Waals surface area contributed by atoms with Crippen LogP contribution in [-0.4, -0.2) is 16.7 Å². The minimum absolute atomic E-state index is 0.0655. The summed E-state index contributed by atoms with van der Waals surface area (Å²) in [6, 6.07) is 1.99. The molecule has 14 heavy (non-hydrogen) atoms. The van der Waals surface area contributed by atoms with Crippen LogP contribution >= 0.6 is 0 Å². The van der Waals surface area contributed by atoms with Gasteiger partial charge in [-0.3, -0.25) is 4.98 Å². The highest BCUT2D eigenvalue weighted by molar-refractivity contribution is 5.32. The van der Waals surface area contributed by atoms with E-state index in [4.69, 9.17) is 10.8 Å². The fourth-order valence-electron chi connectivity index (χ4n) is 1.79. The van der Waals surface area contributed by atoms with Gasteiger partial charge in [-0.15, -0.1) is 0 Å². The third-order valence-electron chi connectivity index (χ3n) is 2.74. The molecule has 76 valence electrons. The van der Waals surface area contributed by atoms with Crippen molar-refractivity contribution in [2.75, 3.05) is 6.61 Å². The average Bonchev–Trinajstić information content (AvgIpc) is 3.01. The lowest BCUT2D eigenvalue weighted by Gasteiger charge is -2.14. The maximum absolute atomic E-state index is 8.84. The van der Waals surface area contributed by atoms with E-state index in [1.54, 1.807) is 0 Å². The third kappa shape index (κ3) is 1.94. The lowest BCUT2D eigenvalue weighted by molar-refractivity contribution is 0.276. The molecule has 1 aliphatic rings. The first kappa shape index (κ1) is 9.62. The van der Waals surface area contributed by atoms with E-state index < -0.39 is 0 Å². The number of aliphatic hydroxyl groups excluding tert-OH is 1. The molecule has 0 amide bonds. The molecule has 1 heterocycles. The monoisotopic (exact) mass is 192 g/mol. The number of hydrogen-bond donors (Lipinski definition) is 2. The van der Waals surface area contributed by atoms with Crippen molar-refractivity contribution in [3.63, 3.8) is 0 Å². The van der Waals surface area contributed by atoms with Crippen LogP contribution in [0.15, 0.2) is 18.5 Å². The molecule has 3 N–H and O–H groups in total. The maximum atomic E-state index is 8.84. The van der Waals surface area contributed by atoms with Crippen LogP contribution in [0.5, 0.6) is 0 Å². The lowest BCUT2D eigenvalue weighted by atomic mass is 9.98. The zero-order valence-corrected chi connectivity index (χ0v) is 8.19. The van der Waals surface area contributed by atoms with Crippen molar-refractivity contribution in [3.05, 3.63) is 29.6 Å². The van der Waals surface area contributed by atoms with E-state index in [0.717, 1.165) is 5.56 Å². The van der Waals surface area contributed by atoms with Crippen LogP contribution in [0.2, 0.25) is 0 Å². The number of aromatic nitrogens is 1. The van der Waals surface area contributed by atoms with Gasteiger partial charge in [0.1, 0.15) is 0 Å². The maximum Gasteiger partial charge on any atom is 0.0449 e. The van der Waals surface area contributed by atoms with Crippen molar-refractivity contribution in [2.24, 2.45) is 5.73 Å². The summed E-state index contributed by atoms with van der Waals surface area (Å²) in [5.74, 6) is 0.692. The number of aliphatic hydroxyl groups is 1. The average molecular weight is 192 g/mol. The molecule has 1 saturated carbocycles. The Balaban J connectivity index is 2.21.